The molecule has 0 aliphatic rings. The fourth-order valence-corrected chi connectivity index (χ4v) is 2.15. The number of methoxy groups -OCH3 is 1. The van der Waals surface area contributed by atoms with Crippen molar-refractivity contribution in [2.75, 3.05) is 7.11 Å². The molecule has 0 saturated heterocycles. The molecule has 0 amide bonds. The summed E-state index contributed by atoms with van der Waals surface area (Å²) in [5.41, 5.74) is 2.94. The third-order valence-corrected chi connectivity index (χ3v) is 3.51. The van der Waals surface area contributed by atoms with E-state index in [4.69, 9.17) is 0 Å². The number of hydrogen-bond acceptors (Lipinski definition) is 4. The summed E-state index contributed by atoms with van der Waals surface area (Å²) in [7, 11) is 1.36. The normalized spacial score (nSPS) is 12.3. The monoisotopic (exact) mass is 291 g/mol. The van der Waals surface area contributed by atoms with Crippen LogP contribution in [0.3, 0.4) is 0 Å². The summed E-state index contributed by atoms with van der Waals surface area (Å²) in [5, 5.41) is 3.23. The summed E-state index contributed by atoms with van der Waals surface area (Å²) in [6.45, 7) is 7.98. The van der Waals surface area contributed by atoms with Crippen LogP contribution < -0.4 is 5.32 Å². The maximum absolute atomic E-state index is 12.6. The van der Waals surface area contributed by atoms with Gasteiger partial charge in [-0.15, -0.1) is 0 Å². The van der Waals surface area contributed by atoms with E-state index in [9.17, 15) is 9.59 Å². The fraction of sp³-hybridized carbons (Fsp3) is 0.529. The highest BCUT2D eigenvalue weighted by Crippen LogP contribution is 2.14. The molecular weight excluding hydrogens is 266 g/mol. The van der Waals surface area contributed by atoms with Gasteiger partial charge in [0.05, 0.1) is 13.2 Å². The molecule has 1 rings (SSSR count). The highest BCUT2D eigenvalue weighted by atomic mass is 16.5. The van der Waals surface area contributed by atoms with Crippen LogP contribution in [0.4, 0.5) is 0 Å². The Morgan fingerprint density at radius 1 is 1.19 bits per heavy atom. The highest BCUT2D eigenvalue weighted by molar-refractivity contribution is 6.00. The van der Waals surface area contributed by atoms with Crippen LogP contribution in [0.15, 0.2) is 18.2 Å². The van der Waals surface area contributed by atoms with Crippen molar-refractivity contribution >= 4 is 11.8 Å². The minimum absolute atomic E-state index is 0.0238. The molecule has 1 atom stereocenters. The third kappa shape index (κ3) is 5.31. The molecule has 1 aromatic rings. The van der Waals surface area contributed by atoms with Gasteiger partial charge in [-0.3, -0.25) is 9.59 Å². The maximum Gasteiger partial charge on any atom is 0.305 e. The number of Topliss-reactive ketones (excluding diaryl/α,β-unsaturated/α-hetero) is 1. The van der Waals surface area contributed by atoms with E-state index in [0.29, 0.717) is 12.0 Å². The number of esters is 1. The van der Waals surface area contributed by atoms with Crippen LogP contribution in [0.1, 0.15) is 48.2 Å². The molecule has 21 heavy (non-hydrogen) atoms. The lowest BCUT2D eigenvalue weighted by Gasteiger charge is -2.20. The Morgan fingerprint density at radius 2 is 1.86 bits per heavy atom. The molecule has 0 spiro atoms. The van der Waals surface area contributed by atoms with Gasteiger partial charge in [0.1, 0.15) is 0 Å². The Hall–Kier alpha value is -1.68. The minimum atomic E-state index is -0.369. The van der Waals surface area contributed by atoms with Crippen LogP contribution in [0, 0.1) is 13.8 Å². The molecule has 116 valence electrons. The Bertz CT molecular complexity index is 509. The highest BCUT2D eigenvalue weighted by Gasteiger charge is 2.22. The quantitative estimate of drug-likeness (QED) is 0.620. The minimum Gasteiger partial charge on any atom is -0.469 e. The van der Waals surface area contributed by atoms with Crippen LogP contribution in [0.2, 0.25) is 0 Å². The van der Waals surface area contributed by atoms with Gasteiger partial charge >= 0.3 is 5.97 Å². The van der Waals surface area contributed by atoms with Gasteiger partial charge in [-0.1, -0.05) is 26.0 Å². The summed E-state index contributed by atoms with van der Waals surface area (Å²) in [4.78, 5) is 23.9. The Balaban J connectivity index is 2.87. The van der Waals surface area contributed by atoms with Crippen LogP contribution >= 0.6 is 0 Å². The lowest BCUT2D eigenvalue weighted by atomic mass is 9.96. The van der Waals surface area contributed by atoms with Crippen LogP contribution in [-0.4, -0.2) is 30.9 Å². The third-order valence-electron chi connectivity index (χ3n) is 3.51. The van der Waals surface area contributed by atoms with Gasteiger partial charge in [0.15, 0.2) is 5.78 Å². The van der Waals surface area contributed by atoms with Crippen molar-refractivity contribution in [3.05, 3.63) is 34.9 Å². The number of carbonyl (C=O) groups excluding carboxylic acids is 2. The number of ether oxygens (including phenoxy) is 1. The zero-order valence-corrected chi connectivity index (χ0v) is 13.5. The van der Waals surface area contributed by atoms with E-state index in [1.165, 1.54) is 7.11 Å². The van der Waals surface area contributed by atoms with Crippen molar-refractivity contribution in [2.45, 2.75) is 52.6 Å². The first kappa shape index (κ1) is 17.4. The van der Waals surface area contributed by atoms with E-state index in [1.54, 1.807) is 0 Å². The number of aryl methyl sites for hydroxylation is 2. The van der Waals surface area contributed by atoms with Crippen molar-refractivity contribution in [3.63, 3.8) is 0 Å². The predicted molar refractivity (Wildman–Crippen MR) is 83.6 cm³/mol. The van der Waals surface area contributed by atoms with Gasteiger partial charge < -0.3 is 10.1 Å². The molecule has 4 nitrogen and oxygen atoms in total. The van der Waals surface area contributed by atoms with Crippen molar-refractivity contribution in [1.82, 2.24) is 5.32 Å². The van der Waals surface area contributed by atoms with Crippen LogP contribution in [-0.2, 0) is 9.53 Å². The topological polar surface area (TPSA) is 55.4 Å². The summed E-state index contributed by atoms with van der Waals surface area (Å²) < 4.78 is 4.65. The smallest absolute Gasteiger partial charge is 0.305 e. The van der Waals surface area contributed by atoms with Crippen molar-refractivity contribution in [2.24, 2.45) is 0 Å². The van der Waals surface area contributed by atoms with Gasteiger partial charge in [-0.25, -0.2) is 0 Å². The van der Waals surface area contributed by atoms with E-state index >= 15 is 0 Å². The van der Waals surface area contributed by atoms with Gasteiger partial charge in [-0.05, 0) is 37.5 Å². The van der Waals surface area contributed by atoms with Crippen molar-refractivity contribution < 1.29 is 14.3 Å². The molecule has 0 radical (unpaired) electrons. The fourth-order valence-electron chi connectivity index (χ4n) is 2.15. The standard InChI is InChI=1S/C17H25NO3/c1-11(2)18-15(8-9-16(19)21-5)17(20)14-7-6-12(3)13(4)10-14/h6-7,10-11,15,18H,8-9H2,1-5H3. The van der Waals surface area contributed by atoms with E-state index < -0.39 is 0 Å². The first-order chi connectivity index (χ1) is 9.85. The van der Waals surface area contributed by atoms with Gasteiger partial charge in [-0.2, -0.15) is 0 Å². The largest absolute Gasteiger partial charge is 0.469 e. The van der Waals surface area contributed by atoms with E-state index in [2.05, 4.69) is 10.1 Å². The summed E-state index contributed by atoms with van der Waals surface area (Å²) in [6, 6.07) is 5.51. The SMILES string of the molecule is COC(=O)CCC(NC(C)C)C(=O)c1ccc(C)c(C)c1. The maximum atomic E-state index is 12.6. The summed E-state index contributed by atoms with van der Waals surface area (Å²) in [5.74, 6) is -0.269. The van der Waals surface area contributed by atoms with E-state index in [1.807, 2.05) is 45.9 Å². The van der Waals surface area contributed by atoms with Crippen LogP contribution in [0.5, 0.6) is 0 Å². The Morgan fingerprint density at radius 3 is 2.38 bits per heavy atom. The second kappa shape index (κ2) is 7.93. The van der Waals surface area contributed by atoms with Crippen molar-refractivity contribution in [3.8, 4) is 0 Å². The first-order valence-electron chi connectivity index (χ1n) is 7.29. The second-order valence-corrected chi connectivity index (χ2v) is 5.65. The molecule has 0 heterocycles. The Labute approximate surface area is 126 Å². The molecule has 1 unspecified atom stereocenters. The zero-order valence-electron chi connectivity index (χ0n) is 13.5. The molecule has 0 fully saturated rings. The number of ketones is 1. The zero-order chi connectivity index (χ0) is 16.0. The van der Waals surface area contributed by atoms with Crippen LogP contribution in [0.25, 0.3) is 0 Å². The second-order valence-electron chi connectivity index (χ2n) is 5.65. The molecule has 0 aliphatic carbocycles. The molecule has 0 bridgehead atoms. The number of nitrogens with one attached hydrogen (secondary N) is 1. The predicted octanol–water partition coefficient (Wildman–Crippen LogP) is 2.81. The molecule has 0 saturated carbocycles. The lowest BCUT2D eigenvalue weighted by Crippen LogP contribution is -2.41. The molecular formula is C17H25NO3. The van der Waals surface area contributed by atoms with Gasteiger partial charge in [0.2, 0.25) is 0 Å². The number of rotatable bonds is 7. The van der Waals surface area contributed by atoms with E-state index in [0.717, 1.165) is 11.1 Å². The summed E-state index contributed by atoms with van der Waals surface area (Å²) in [6.07, 6.45) is 0.675. The molecule has 0 aromatic heterocycles. The Kier molecular flexibility index (Phi) is 6.56. The lowest BCUT2D eigenvalue weighted by molar-refractivity contribution is -0.140. The average molecular weight is 291 g/mol. The van der Waals surface area contributed by atoms with Gasteiger partial charge in [0.25, 0.3) is 0 Å². The number of carbonyl (C=O) groups is 2. The van der Waals surface area contributed by atoms with E-state index in [-0.39, 0.29) is 30.3 Å². The first-order valence-corrected chi connectivity index (χ1v) is 7.29. The summed E-state index contributed by atoms with van der Waals surface area (Å²) >= 11 is 0. The molecule has 4 heteroatoms. The van der Waals surface area contributed by atoms with Gasteiger partial charge in [0, 0.05) is 18.0 Å². The molecule has 1 N–H and O–H groups in total. The number of hydrogen-bond donors (Lipinski definition) is 1. The average Bonchev–Trinajstić information content (AvgIpc) is 2.44. The molecule has 1 aromatic carbocycles. The van der Waals surface area contributed by atoms with Crippen molar-refractivity contribution in [1.29, 1.82) is 0 Å². The number of benzene rings is 1. The molecule has 0 aliphatic heterocycles.